The highest BCUT2D eigenvalue weighted by molar-refractivity contribution is 5.61. The summed E-state index contributed by atoms with van der Waals surface area (Å²) in [6.45, 7) is 12.6. The predicted octanol–water partition coefficient (Wildman–Crippen LogP) is 4.22. The molecule has 1 nitrogen and oxygen atoms in total. The van der Waals surface area contributed by atoms with E-state index in [0.717, 1.165) is 18.4 Å². The van der Waals surface area contributed by atoms with Crippen molar-refractivity contribution in [2.24, 2.45) is 11.8 Å². The molecule has 2 rings (SSSR count). The third-order valence-corrected chi connectivity index (χ3v) is 3.92. The van der Waals surface area contributed by atoms with Crippen LogP contribution < -0.4 is 5.32 Å². The highest BCUT2D eigenvalue weighted by Gasteiger charge is 2.26. The van der Waals surface area contributed by atoms with Gasteiger partial charge in [-0.25, -0.2) is 0 Å². The van der Waals surface area contributed by atoms with Gasteiger partial charge in [0.2, 0.25) is 0 Å². The smallest absolute Gasteiger partial charge is 0.0410 e. The Morgan fingerprint density at radius 3 is 2.53 bits per heavy atom. The van der Waals surface area contributed by atoms with Gasteiger partial charge in [-0.3, -0.25) is 0 Å². The molecule has 1 atom stereocenters. The predicted molar refractivity (Wildman–Crippen MR) is 75.7 cm³/mol. The molecule has 0 saturated heterocycles. The Hall–Kier alpha value is -0.980. The number of hydrogen-bond donors (Lipinski definition) is 1. The molecule has 0 aliphatic carbocycles. The van der Waals surface area contributed by atoms with Gasteiger partial charge >= 0.3 is 0 Å². The van der Waals surface area contributed by atoms with Crippen LogP contribution in [0.15, 0.2) is 18.2 Å². The summed E-state index contributed by atoms with van der Waals surface area (Å²) in [5, 5.41) is 3.67. The minimum absolute atomic E-state index is 0.225. The van der Waals surface area contributed by atoms with Gasteiger partial charge in [-0.15, -0.1) is 0 Å². The molecule has 0 amide bonds. The fourth-order valence-electron chi connectivity index (χ4n) is 2.66. The Labute approximate surface area is 106 Å². The lowest BCUT2D eigenvalue weighted by Crippen LogP contribution is -2.29. The van der Waals surface area contributed by atoms with Crippen LogP contribution in [-0.2, 0) is 11.8 Å². The lowest BCUT2D eigenvalue weighted by molar-refractivity contribution is 0.392. The van der Waals surface area contributed by atoms with Gasteiger partial charge in [-0.2, -0.15) is 0 Å². The summed E-state index contributed by atoms with van der Waals surface area (Å²) in [5.74, 6) is 1.53. The van der Waals surface area contributed by atoms with Gasteiger partial charge in [0, 0.05) is 12.2 Å². The van der Waals surface area contributed by atoms with Crippen molar-refractivity contribution in [3.05, 3.63) is 29.3 Å². The van der Waals surface area contributed by atoms with E-state index >= 15 is 0 Å². The third-order valence-electron chi connectivity index (χ3n) is 3.92. The molecule has 1 aliphatic rings. The maximum atomic E-state index is 3.67. The summed E-state index contributed by atoms with van der Waals surface area (Å²) in [6, 6.07) is 6.76. The van der Waals surface area contributed by atoms with Crippen LogP contribution in [0.5, 0.6) is 0 Å². The second-order valence-corrected chi connectivity index (χ2v) is 6.68. The minimum atomic E-state index is 0.225. The van der Waals surface area contributed by atoms with E-state index in [1.165, 1.54) is 23.2 Å². The van der Waals surface area contributed by atoms with Crippen LogP contribution in [0.3, 0.4) is 0 Å². The van der Waals surface area contributed by atoms with Crippen molar-refractivity contribution in [1.29, 1.82) is 0 Å². The SMILES string of the molecule is CC(C)C1CNc2c(cccc2C(C)(C)C)C1. The van der Waals surface area contributed by atoms with E-state index in [1.807, 2.05) is 0 Å². The molecule has 1 aromatic carbocycles. The molecule has 17 heavy (non-hydrogen) atoms. The van der Waals surface area contributed by atoms with Gasteiger partial charge in [0.15, 0.2) is 0 Å². The Morgan fingerprint density at radius 1 is 1.24 bits per heavy atom. The van der Waals surface area contributed by atoms with Crippen LogP contribution in [0.2, 0.25) is 0 Å². The Bertz CT molecular complexity index is 398. The second-order valence-electron chi connectivity index (χ2n) is 6.68. The molecule has 1 unspecified atom stereocenters. The molecule has 0 bridgehead atoms. The van der Waals surface area contributed by atoms with Crippen molar-refractivity contribution >= 4 is 5.69 Å². The number of benzene rings is 1. The van der Waals surface area contributed by atoms with E-state index in [0.29, 0.717) is 0 Å². The molecule has 0 saturated carbocycles. The average Bonchev–Trinajstić information content (AvgIpc) is 2.26. The number of hydrogen-bond acceptors (Lipinski definition) is 1. The van der Waals surface area contributed by atoms with Crippen LogP contribution in [-0.4, -0.2) is 6.54 Å². The summed E-state index contributed by atoms with van der Waals surface area (Å²) in [7, 11) is 0. The fraction of sp³-hybridized carbons (Fsp3) is 0.625. The number of rotatable bonds is 1. The van der Waals surface area contributed by atoms with Crippen LogP contribution in [0.1, 0.15) is 45.7 Å². The zero-order valence-corrected chi connectivity index (χ0v) is 11.8. The van der Waals surface area contributed by atoms with E-state index < -0.39 is 0 Å². The summed E-state index contributed by atoms with van der Waals surface area (Å²) in [6.07, 6.45) is 1.23. The number of fused-ring (bicyclic) bond motifs is 1. The fourth-order valence-corrected chi connectivity index (χ4v) is 2.66. The molecule has 1 aromatic rings. The van der Waals surface area contributed by atoms with E-state index in [9.17, 15) is 0 Å². The summed E-state index contributed by atoms with van der Waals surface area (Å²) >= 11 is 0. The molecular weight excluding hydrogens is 206 g/mol. The van der Waals surface area contributed by atoms with Gasteiger partial charge in [0.1, 0.15) is 0 Å². The zero-order chi connectivity index (χ0) is 12.6. The monoisotopic (exact) mass is 231 g/mol. The average molecular weight is 231 g/mol. The quantitative estimate of drug-likeness (QED) is 0.763. The first-order valence-electron chi connectivity index (χ1n) is 6.76. The van der Waals surface area contributed by atoms with Crippen molar-refractivity contribution in [3.63, 3.8) is 0 Å². The van der Waals surface area contributed by atoms with Gasteiger partial charge in [-0.1, -0.05) is 52.8 Å². The zero-order valence-electron chi connectivity index (χ0n) is 11.8. The van der Waals surface area contributed by atoms with Gasteiger partial charge in [-0.05, 0) is 34.8 Å². The maximum Gasteiger partial charge on any atom is 0.0410 e. The molecule has 94 valence electrons. The summed E-state index contributed by atoms with van der Waals surface area (Å²) in [5.41, 5.74) is 4.58. The second kappa shape index (κ2) is 4.36. The van der Waals surface area contributed by atoms with E-state index in [2.05, 4.69) is 58.1 Å². The Morgan fingerprint density at radius 2 is 1.94 bits per heavy atom. The maximum absolute atomic E-state index is 3.67. The molecule has 1 aliphatic heterocycles. The molecule has 0 aromatic heterocycles. The number of anilines is 1. The number of para-hydroxylation sites is 1. The largest absolute Gasteiger partial charge is 0.384 e. The molecule has 0 radical (unpaired) electrons. The summed E-state index contributed by atoms with van der Waals surface area (Å²) < 4.78 is 0. The number of nitrogens with one attached hydrogen (secondary N) is 1. The van der Waals surface area contributed by atoms with Crippen molar-refractivity contribution in [2.75, 3.05) is 11.9 Å². The van der Waals surface area contributed by atoms with Crippen molar-refractivity contribution in [3.8, 4) is 0 Å². The minimum Gasteiger partial charge on any atom is -0.384 e. The van der Waals surface area contributed by atoms with Crippen LogP contribution in [0.4, 0.5) is 5.69 Å². The lowest BCUT2D eigenvalue weighted by atomic mass is 9.79. The topological polar surface area (TPSA) is 12.0 Å². The van der Waals surface area contributed by atoms with Gasteiger partial charge < -0.3 is 5.32 Å². The van der Waals surface area contributed by atoms with E-state index in [4.69, 9.17) is 0 Å². The molecular formula is C16H25N. The highest BCUT2D eigenvalue weighted by Crippen LogP contribution is 2.36. The lowest BCUT2D eigenvalue weighted by Gasteiger charge is -2.33. The standard InChI is InChI=1S/C16H25N/c1-11(2)13-9-12-7-6-8-14(16(3,4)5)15(12)17-10-13/h6-8,11,13,17H,9-10H2,1-5H3. The Balaban J connectivity index is 2.36. The van der Waals surface area contributed by atoms with Crippen molar-refractivity contribution in [1.82, 2.24) is 0 Å². The van der Waals surface area contributed by atoms with Crippen molar-refractivity contribution in [2.45, 2.75) is 46.5 Å². The molecule has 0 spiro atoms. The van der Waals surface area contributed by atoms with Gasteiger partial charge in [0.25, 0.3) is 0 Å². The van der Waals surface area contributed by atoms with Crippen LogP contribution in [0, 0.1) is 11.8 Å². The van der Waals surface area contributed by atoms with E-state index in [1.54, 1.807) is 0 Å². The highest BCUT2D eigenvalue weighted by atomic mass is 14.9. The molecule has 1 heterocycles. The first-order chi connectivity index (χ1) is 7.89. The first kappa shape index (κ1) is 12.5. The van der Waals surface area contributed by atoms with Crippen molar-refractivity contribution < 1.29 is 0 Å². The third kappa shape index (κ3) is 2.48. The molecule has 1 N–H and O–H groups in total. The summed E-state index contributed by atoms with van der Waals surface area (Å²) in [4.78, 5) is 0. The van der Waals surface area contributed by atoms with E-state index in [-0.39, 0.29) is 5.41 Å². The van der Waals surface area contributed by atoms with Gasteiger partial charge in [0.05, 0.1) is 0 Å². The molecule has 1 heteroatoms. The Kier molecular flexibility index (Phi) is 3.20. The van der Waals surface area contributed by atoms with Crippen LogP contribution >= 0.6 is 0 Å². The first-order valence-corrected chi connectivity index (χ1v) is 6.76. The van der Waals surface area contributed by atoms with Crippen LogP contribution in [0.25, 0.3) is 0 Å². The normalized spacial score (nSPS) is 20.0. The molecule has 0 fully saturated rings.